The second-order valence-corrected chi connectivity index (χ2v) is 8.95. The van der Waals surface area contributed by atoms with E-state index in [4.69, 9.17) is 37.4 Å². The van der Waals surface area contributed by atoms with Crippen LogP contribution in [0.25, 0.3) is 5.70 Å². The van der Waals surface area contributed by atoms with Gasteiger partial charge in [-0.2, -0.15) is 0 Å². The van der Waals surface area contributed by atoms with Crippen molar-refractivity contribution in [3.8, 4) is 11.5 Å². The van der Waals surface area contributed by atoms with Crippen LogP contribution >= 0.6 is 34.5 Å². The van der Waals surface area contributed by atoms with E-state index in [9.17, 15) is 14.7 Å². The average molecular weight is 498 g/mol. The molecule has 0 amide bonds. The van der Waals surface area contributed by atoms with Crippen LogP contribution in [0.3, 0.4) is 0 Å². The number of hydrogen-bond donors (Lipinski definition) is 1. The molecule has 2 heterocycles. The summed E-state index contributed by atoms with van der Waals surface area (Å²) in [5.74, 6) is -0.223. The summed E-state index contributed by atoms with van der Waals surface area (Å²) < 4.78 is 17.6. The van der Waals surface area contributed by atoms with Gasteiger partial charge in [0.1, 0.15) is 17.8 Å². The number of aliphatic carboxylic acids is 1. The van der Waals surface area contributed by atoms with Crippen LogP contribution in [-0.4, -0.2) is 42.6 Å². The number of ether oxygens (including phenoxy) is 3. The van der Waals surface area contributed by atoms with E-state index in [-0.39, 0.29) is 5.57 Å². The second-order valence-electron chi connectivity index (χ2n) is 6.80. The Hall–Kier alpha value is -2.52. The predicted octanol–water partition coefficient (Wildman–Crippen LogP) is 5.39. The molecule has 1 aromatic carbocycles. The fourth-order valence-electron chi connectivity index (χ4n) is 3.07. The highest BCUT2D eigenvalue weighted by Gasteiger charge is 2.33. The van der Waals surface area contributed by atoms with E-state index in [0.29, 0.717) is 58.0 Å². The van der Waals surface area contributed by atoms with Gasteiger partial charge < -0.3 is 24.2 Å². The fourth-order valence-corrected chi connectivity index (χ4v) is 4.38. The first-order valence-electron chi connectivity index (χ1n) is 9.58. The first-order valence-corrected chi connectivity index (χ1v) is 11.2. The minimum Gasteiger partial charge on any atom is -0.492 e. The third kappa shape index (κ3) is 5.45. The molecule has 0 aliphatic carbocycles. The standard InChI is InChI=1S/C22H21Cl2NO6S/c1-13(22(27)28)12-25-16(6-7-26)14-10-15(23)18(30-9-3-8-29-2)11-17(14)31-21(25)19-4-5-20(24)32-19/h4-7,10-12,21H,3,8-9H2,1-2H3,(H,27,28)/b13-12+,16-6-. The minimum atomic E-state index is -1.10. The highest BCUT2D eigenvalue weighted by molar-refractivity contribution is 7.16. The molecule has 0 bridgehead atoms. The number of carboxylic acid groups (broad SMARTS) is 1. The molecule has 1 N–H and O–H groups in total. The Bertz CT molecular complexity index is 1060. The Kier molecular flexibility index (Phi) is 8.20. The van der Waals surface area contributed by atoms with Crippen molar-refractivity contribution < 1.29 is 28.9 Å². The molecule has 7 nitrogen and oxygen atoms in total. The van der Waals surface area contributed by atoms with E-state index < -0.39 is 12.2 Å². The number of rotatable bonds is 9. The molecule has 170 valence electrons. The summed E-state index contributed by atoms with van der Waals surface area (Å²) in [6.45, 7) is 2.41. The lowest BCUT2D eigenvalue weighted by Gasteiger charge is -2.38. The number of methoxy groups -OCH3 is 1. The number of fused-ring (bicyclic) bond motifs is 1. The zero-order valence-corrected chi connectivity index (χ0v) is 19.7. The van der Waals surface area contributed by atoms with Gasteiger partial charge in [0.2, 0.25) is 6.23 Å². The summed E-state index contributed by atoms with van der Waals surface area (Å²) in [6, 6.07) is 6.81. The van der Waals surface area contributed by atoms with Crippen LogP contribution in [0.15, 0.2) is 42.1 Å². The highest BCUT2D eigenvalue weighted by Crippen LogP contribution is 2.47. The lowest BCUT2D eigenvalue weighted by atomic mass is 10.1. The van der Waals surface area contributed by atoms with Crippen LogP contribution in [0.1, 0.15) is 30.0 Å². The molecule has 0 saturated heterocycles. The van der Waals surface area contributed by atoms with Gasteiger partial charge in [0, 0.05) is 44.0 Å². The van der Waals surface area contributed by atoms with Gasteiger partial charge in [-0.15, -0.1) is 11.3 Å². The molecule has 0 spiro atoms. The molecular formula is C22H21Cl2NO6S. The fraction of sp³-hybridized carbons (Fsp3) is 0.273. The van der Waals surface area contributed by atoms with Gasteiger partial charge in [-0.1, -0.05) is 23.2 Å². The molecule has 1 atom stereocenters. The summed E-state index contributed by atoms with van der Waals surface area (Å²) in [5.41, 5.74) is 1.02. The summed E-state index contributed by atoms with van der Waals surface area (Å²) in [5, 5.41) is 9.73. The van der Waals surface area contributed by atoms with Gasteiger partial charge in [0.05, 0.1) is 32.1 Å². The Morgan fingerprint density at radius 2 is 2.09 bits per heavy atom. The van der Waals surface area contributed by atoms with Gasteiger partial charge in [-0.25, -0.2) is 4.79 Å². The molecule has 32 heavy (non-hydrogen) atoms. The Labute approximate surface area is 199 Å². The van der Waals surface area contributed by atoms with Gasteiger partial charge in [-0.05, 0) is 25.1 Å². The number of carboxylic acids is 1. The number of nitrogens with zero attached hydrogens (tertiary/aromatic N) is 1. The second kappa shape index (κ2) is 10.9. The summed E-state index contributed by atoms with van der Waals surface area (Å²) >= 11 is 13.8. The lowest BCUT2D eigenvalue weighted by molar-refractivity contribution is -0.132. The Balaban J connectivity index is 2.09. The van der Waals surface area contributed by atoms with Crippen LogP contribution in [0, 0.1) is 0 Å². The van der Waals surface area contributed by atoms with Crippen LogP contribution in [0.5, 0.6) is 11.5 Å². The highest BCUT2D eigenvalue weighted by atomic mass is 35.5. The minimum absolute atomic E-state index is 0.0608. The van der Waals surface area contributed by atoms with Gasteiger partial charge in [0.15, 0.2) is 0 Å². The molecular weight excluding hydrogens is 477 g/mol. The maximum absolute atomic E-state index is 11.5. The SMILES string of the molecule is COCCCOc1cc2c(cc1Cl)/C(=C/C=O)N(/C=C(\C)C(=O)O)C(c1ccc(Cl)s1)O2. The molecule has 0 radical (unpaired) electrons. The third-order valence-corrected chi connectivity index (χ3v) is 6.12. The predicted molar refractivity (Wildman–Crippen MR) is 123 cm³/mol. The zero-order valence-electron chi connectivity index (χ0n) is 17.3. The first-order chi connectivity index (χ1) is 15.3. The normalized spacial score (nSPS) is 17.1. The van der Waals surface area contributed by atoms with E-state index in [1.54, 1.807) is 36.3 Å². The number of carbonyl (C=O) groups excluding carboxylic acids is 1. The van der Waals surface area contributed by atoms with E-state index in [0.717, 1.165) is 4.88 Å². The number of carbonyl (C=O) groups is 2. The molecule has 3 rings (SSSR count). The van der Waals surface area contributed by atoms with Crippen molar-refractivity contribution in [2.45, 2.75) is 19.6 Å². The molecule has 0 saturated carbocycles. The number of halogens is 2. The maximum atomic E-state index is 11.5. The van der Waals surface area contributed by atoms with Crippen molar-refractivity contribution in [2.24, 2.45) is 0 Å². The zero-order chi connectivity index (χ0) is 23.3. The van der Waals surface area contributed by atoms with Crippen LogP contribution in [0.2, 0.25) is 9.36 Å². The van der Waals surface area contributed by atoms with Gasteiger partial charge in [-0.3, -0.25) is 4.79 Å². The smallest absolute Gasteiger partial charge is 0.332 e. The molecule has 1 aliphatic rings. The van der Waals surface area contributed by atoms with Crippen molar-refractivity contribution in [1.29, 1.82) is 0 Å². The van der Waals surface area contributed by atoms with Crippen molar-refractivity contribution in [1.82, 2.24) is 4.90 Å². The number of thiophene rings is 1. The Morgan fingerprint density at radius 1 is 1.31 bits per heavy atom. The van der Waals surface area contributed by atoms with Crippen molar-refractivity contribution in [2.75, 3.05) is 20.3 Å². The van der Waals surface area contributed by atoms with Gasteiger partial charge in [0.25, 0.3) is 0 Å². The van der Waals surface area contributed by atoms with Crippen LogP contribution in [0.4, 0.5) is 0 Å². The van der Waals surface area contributed by atoms with Crippen molar-refractivity contribution in [3.05, 3.63) is 61.9 Å². The number of hydrogen-bond acceptors (Lipinski definition) is 7. The van der Waals surface area contributed by atoms with Crippen molar-refractivity contribution in [3.63, 3.8) is 0 Å². The molecule has 1 unspecified atom stereocenters. The molecule has 2 aromatic rings. The number of benzene rings is 1. The summed E-state index contributed by atoms with van der Waals surface area (Å²) in [7, 11) is 1.61. The molecule has 10 heteroatoms. The molecule has 1 aliphatic heterocycles. The van der Waals surface area contributed by atoms with Crippen molar-refractivity contribution >= 4 is 52.5 Å². The average Bonchev–Trinajstić information content (AvgIpc) is 3.19. The lowest BCUT2D eigenvalue weighted by Crippen LogP contribution is -2.31. The number of aldehydes is 1. The molecule has 1 aromatic heterocycles. The van der Waals surface area contributed by atoms with Crippen LogP contribution < -0.4 is 9.47 Å². The third-order valence-electron chi connectivity index (χ3n) is 4.56. The van der Waals surface area contributed by atoms with Crippen LogP contribution in [-0.2, 0) is 14.3 Å². The van der Waals surface area contributed by atoms with Gasteiger partial charge >= 0.3 is 5.97 Å². The largest absolute Gasteiger partial charge is 0.492 e. The summed E-state index contributed by atoms with van der Waals surface area (Å²) in [4.78, 5) is 25.3. The molecule has 0 fully saturated rings. The van der Waals surface area contributed by atoms with E-state index in [2.05, 4.69) is 0 Å². The van der Waals surface area contributed by atoms with E-state index >= 15 is 0 Å². The first kappa shape index (κ1) is 24.1. The van der Waals surface area contributed by atoms with E-state index in [1.807, 2.05) is 0 Å². The summed E-state index contributed by atoms with van der Waals surface area (Å²) in [6.07, 6.45) is 3.32. The topological polar surface area (TPSA) is 85.3 Å². The van der Waals surface area contributed by atoms with E-state index in [1.165, 1.54) is 30.5 Å². The maximum Gasteiger partial charge on any atom is 0.332 e. The Morgan fingerprint density at radius 3 is 2.72 bits per heavy atom. The quantitative estimate of drug-likeness (QED) is 0.282. The number of allylic oxidation sites excluding steroid dienone is 1. The monoisotopic (exact) mass is 497 g/mol.